The molecule has 2 aromatic carbocycles. The number of ether oxygens (including phenoxy) is 1. The van der Waals surface area contributed by atoms with E-state index in [0.717, 1.165) is 17.0 Å². The van der Waals surface area contributed by atoms with Crippen LogP contribution < -0.4 is 4.74 Å². The maximum Gasteiger partial charge on any atom is 0.421 e. The van der Waals surface area contributed by atoms with Crippen LogP contribution in [0.3, 0.4) is 0 Å². The Bertz CT molecular complexity index is 926. The molecule has 0 bridgehead atoms. The van der Waals surface area contributed by atoms with Crippen molar-refractivity contribution >= 4 is 17.6 Å². The lowest BCUT2D eigenvalue weighted by molar-refractivity contribution is -0.384. The minimum Gasteiger partial charge on any atom is -0.410 e. The van der Waals surface area contributed by atoms with Gasteiger partial charge in [-0.15, -0.1) is 0 Å². The summed E-state index contributed by atoms with van der Waals surface area (Å²) in [6.07, 6.45) is 2.21. The lowest BCUT2D eigenvalue weighted by Crippen LogP contribution is -2.40. The molecule has 132 valence electrons. The maximum atomic E-state index is 13.5. The molecule has 0 saturated carbocycles. The number of halogens is 2. The van der Waals surface area contributed by atoms with Crippen molar-refractivity contribution < 1.29 is 23.2 Å². The van der Waals surface area contributed by atoms with Crippen molar-refractivity contribution in [2.75, 3.05) is 6.54 Å². The number of benzene rings is 2. The predicted molar refractivity (Wildman–Crippen MR) is 87.9 cm³/mol. The van der Waals surface area contributed by atoms with E-state index in [1.165, 1.54) is 36.5 Å². The number of carbonyl (C=O) groups excluding carboxylic acids is 1. The molecular weight excluding hydrogens is 348 g/mol. The molecule has 0 aliphatic carbocycles. The zero-order chi connectivity index (χ0) is 18.7. The molecule has 0 saturated heterocycles. The molecule has 0 fully saturated rings. The fourth-order valence-electron chi connectivity index (χ4n) is 2.25. The van der Waals surface area contributed by atoms with Crippen molar-refractivity contribution in [2.45, 2.75) is 0 Å². The summed E-state index contributed by atoms with van der Waals surface area (Å²) in [6, 6.07) is 8.12. The SMILES string of the molecule is O=C(Oc1ccc([N+](=O)[O-])cc1)N1CC=CN=C1c1ccc(F)c(F)c1. The van der Waals surface area contributed by atoms with Gasteiger partial charge in [-0.3, -0.25) is 15.0 Å². The van der Waals surface area contributed by atoms with Gasteiger partial charge in [0.1, 0.15) is 11.6 Å². The lowest BCUT2D eigenvalue weighted by atomic mass is 10.1. The molecule has 1 aliphatic heterocycles. The Morgan fingerprint density at radius 2 is 1.88 bits per heavy atom. The number of nitro benzene ring substituents is 1. The Balaban J connectivity index is 1.81. The highest BCUT2D eigenvalue weighted by Crippen LogP contribution is 2.20. The second kappa shape index (κ2) is 7.09. The number of hydrogen-bond donors (Lipinski definition) is 0. The van der Waals surface area contributed by atoms with Gasteiger partial charge in [0.05, 0.1) is 11.5 Å². The summed E-state index contributed by atoms with van der Waals surface area (Å²) in [5.74, 6) is -1.89. The summed E-state index contributed by atoms with van der Waals surface area (Å²) < 4.78 is 31.8. The quantitative estimate of drug-likeness (QED) is 0.618. The van der Waals surface area contributed by atoms with Crippen molar-refractivity contribution in [2.24, 2.45) is 4.99 Å². The highest BCUT2D eigenvalue weighted by Gasteiger charge is 2.24. The van der Waals surface area contributed by atoms with Crippen LogP contribution in [0.4, 0.5) is 19.3 Å². The fourth-order valence-corrected chi connectivity index (χ4v) is 2.25. The van der Waals surface area contributed by atoms with Crippen molar-refractivity contribution in [1.82, 2.24) is 4.90 Å². The van der Waals surface area contributed by atoms with Crippen LogP contribution in [0.25, 0.3) is 0 Å². The summed E-state index contributed by atoms with van der Waals surface area (Å²) >= 11 is 0. The number of nitrogens with zero attached hydrogens (tertiary/aromatic N) is 3. The normalized spacial score (nSPS) is 13.3. The molecule has 7 nitrogen and oxygen atoms in total. The number of hydrogen-bond acceptors (Lipinski definition) is 5. The molecule has 9 heteroatoms. The molecular formula is C17H11F2N3O4. The minimum absolute atomic E-state index is 0.0957. The Morgan fingerprint density at radius 1 is 1.15 bits per heavy atom. The molecule has 0 aromatic heterocycles. The number of amidine groups is 1. The van der Waals surface area contributed by atoms with E-state index in [2.05, 4.69) is 4.99 Å². The molecule has 26 heavy (non-hydrogen) atoms. The highest BCUT2D eigenvalue weighted by molar-refractivity contribution is 6.07. The van der Waals surface area contributed by atoms with E-state index in [1.54, 1.807) is 6.08 Å². The summed E-state index contributed by atoms with van der Waals surface area (Å²) in [5, 5.41) is 10.6. The van der Waals surface area contributed by atoms with E-state index >= 15 is 0 Å². The van der Waals surface area contributed by atoms with Crippen LogP contribution in [-0.2, 0) is 0 Å². The molecule has 3 rings (SSSR count). The van der Waals surface area contributed by atoms with Crippen molar-refractivity contribution in [3.63, 3.8) is 0 Å². The van der Waals surface area contributed by atoms with Gasteiger partial charge in [0, 0.05) is 23.9 Å². The first-order valence-corrected chi connectivity index (χ1v) is 7.38. The number of rotatable bonds is 3. The summed E-state index contributed by atoms with van der Waals surface area (Å²) in [7, 11) is 0. The maximum absolute atomic E-state index is 13.5. The van der Waals surface area contributed by atoms with E-state index < -0.39 is 22.7 Å². The van der Waals surface area contributed by atoms with Crippen LogP contribution in [0.1, 0.15) is 5.56 Å². The Labute approximate surface area is 146 Å². The smallest absolute Gasteiger partial charge is 0.410 e. The van der Waals surface area contributed by atoms with Gasteiger partial charge in [-0.1, -0.05) is 0 Å². The third kappa shape index (κ3) is 3.56. The van der Waals surface area contributed by atoms with Gasteiger partial charge in [0.15, 0.2) is 11.6 Å². The zero-order valence-electron chi connectivity index (χ0n) is 13.1. The fraction of sp³-hybridized carbons (Fsp3) is 0.0588. The molecule has 0 N–H and O–H groups in total. The predicted octanol–water partition coefficient (Wildman–Crippen LogP) is 3.65. The lowest BCUT2D eigenvalue weighted by Gasteiger charge is -2.24. The van der Waals surface area contributed by atoms with Crippen LogP contribution in [0.5, 0.6) is 5.75 Å². The largest absolute Gasteiger partial charge is 0.421 e. The first-order valence-electron chi connectivity index (χ1n) is 7.38. The van der Waals surface area contributed by atoms with Gasteiger partial charge >= 0.3 is 6.09 Å². The van der Waals surface area contributed by atoms with Gasteiger partial charge in [0.25, 0.3) is 5.69 Å². The zero-order valence-corrected chi connectivity index (χ0v) is 13.1. The highest BCUT2D eigenvalue weighted by atomic mass is 19.2. The molecule has 0 radical (unpaired) electrons. The third-order valence-corrected chi connectivity index (χ3v) is 3.50. The standard InChI is InChI=1S/C17H11F2N3O4/c18-14-7-2-11(10-15(14)19)16-20-8-1-9-21(16)17(23)26-13-5-3-12(4-6-13)22(24)25/h1-8,10H,9H2. The molecule has 1 heterocycles. The molecule has 1 amide bonds. The van der Waals surface area contributed by atoms with Crippen LogP contribution in [0, 0.1) is 21.7 Å². The topological polar surface area (TPSA) is 85.0 Å². The first kappa shape index (κ1) is 17.2. The number of non-ortho nitro benzene ring substituents is 1. The third-order valence-electron chi connectivity index (χ3n) is 3.50. The monoisotopic (exact) mass is 359 g/mol. The van der Waals surface area contributed by atoms with E-state index in [9.17, 15) is 23.7 Å². The minimum atomic E-state index is -1.07. The summed E-state index contributed by atoms with van der Waals surface area (Å²) in [6.45, 7) is 0.115. The second-order valence-electron chi connectivity index (χ2n) is 5.20. The molecule has 0 unspecified atom stereocenters. The number of aliphatic imine (C=N–C) groups is 1. The van der Waals surface area contributed by atoms with E-state index in [1.807, 2.05) is 0 Å². The average molecular weight is 359 g/mol. The van der Waals surface area contributed by atoms with Gasteiger partial charge in [-0.05, 0) is 36.4 Å². The van der Waals surface area contributed by atoms with Gasteiger partial charge in [-0.25, -0.2) is 18.6 Å². The van der Waals surface area contributed by atoms with Crippen LogP contribution in [-0.4, -0.2) is 28.3 Å². The van der Waals surface area contributed by atoms with E-state index in [-0.39, 0.29) is 29.4 Å². The molecule has 0 atom stereocenters. The summed E-state index contributed by atoms with van der Waals surface area (Å²) in [5.41, 5.74) is 0.0589. The van der Waals surface area contributed by atoms with Crippen LogP contribution in [0.15, 0.2) is 59.7 Å². The van der Waals surface area contributed by atoms with E-state index in [0.29, 0.717) is 0 Å². The molecule has 1 aliphatic rings. The summed E-state index contributed by atoms with van der Waals surface area (Å²) in [4.78, 5) is 27.6. The van der Waals surface area contributed by atoms with Crippen molar-refractivity contribution in [3.8, 4) is 5.75 Å². The molecule has 0 spiro atoms. The molecule has 2 aromatic rings. The van der Waals surface area contributed by atoms with Crippen LogP contribution in [0.2, 0.25) is 0 Å². The number of nitro groups is 1. The number of amides is 1. The first-order chi connectivity index (χ1) is 12.5. The van der Waals surface area contributed by atoms with E-state index in [4.69, 9.17) is 4.74 Å². The second-order valence-corrected chi connectivity index (χ2v) is 5.20. The van der Waals surface area contributed by atoms with Crippen molar-refractivity contribution in [3.05, 3.63) is 82.1 Å². The Kier molecular flexibility index (Phi) is 4.70. The Hall–Kier alpha value is -3.62. The van der Waals surface area contributed by atoms with Gasteiger partial charge in [0.2, 0.25) is 0 Å². The van der Waals surface area contributed by atoms with Gasteiger partial charge in [-0.2, -0.15) is 0 Å². The Morgan fingerprint density at radius 3 is 2.54 bits per heavy atom. The number of carbonyl (C=O) groups is 1. The van der Waals surface area contributed by atoms with Crippen LogP contribution >= 0.6 is 0 Å². The van der Waals surface area contributed by atoms with Gasteiger partial charge < -0.3 is 4.74 Å². The average Bonchev–Trinajstić information content (AvgIpc) is 2.64. The van der Waals surface area contributed by atoms with Crippen molar-refractivity contribution in [1.29, 1.82) is 0 Å².